The maximum absolute atomic E-state index is 3.12. The summed E-state index contributed by atoms with van der Waals surface area (Å²) in [6, 6.07) is 0. The molecule has 0 N–H and O–H groups in total. The second kappa shape index (κ2) is 9.47. The van der Waals surface area contributed by atoms with E-state index in [-0.39, 0.29) is 0 Å². The zero-order chi connectivity index (χ0) is 14.1. The molecule has 0 saturated carbocycles. The molecule has 0 spiro atoms. The Morgan fingerprint density at radius 2 is 1.17 bits per heavy atom. The molecule has 2 aliphatic carbocycles. The summed E-state index contributed by atoms with van der Waals surface area (Å²) < 4.78 is 1.42. The first-order chi connectivity index (χ1) is 8.34. The summed E-state index contributed by atoms with van der Waals surface area (Å²) >= 11 is 2.08. The van der Waals surface area contributed by atoms with Crippen molar-refractivity contribution in [1.29, 1.82) is 0 Å². The topological polar surface area (TPSA) is 0 Å². The van der Waals surface area contributed by atoms with Gasteiger partial charge in [-0.15, -0.1) is 26.7 Å². The summed E-state index contributed by atoms with van der Waals surface area (Å²) in [5.74, 6) is 0. The van der Waals surface area contributed by atoms with Crippen LogP contribution in [-0.4, -0.2) is 3.81 Å². The van der Waals surface area contributed by atoms with E-state index in [1.54, 1.807) is 0 Å². The Morgan fingerprint density at radius 3 is 1.22 bits per heavy atom. The average Bonchev–Trinajstić information content (AvgIpc) is 2.79. The molecule has 0 heterocycles. The fraction of sp³-hybridized carbons (Fsp3) is 0.471. The molecule has 0 aromatic heterocycles. The molecular weight excluding hydrogens is 252 g/mol. The van der Waals surface area contributed by atoms with Crippen molar-refractivity contribution in [1.82, 2.24) is 0 Å². The fourth-order valence-corrected chi connectivity index (χ4v) is 1.24. The van der Waals surface area contributed by atoms with Crippen LogP contribution >= 0.6 is 0 Å². The summed E-state index contributed by atoms with van der Waals surface area (Å²) in [6.45, 7) is 12.7. The Kier molecular flexibility index (Phi) is 9.23. The van der Waals surface area contributed by atoms with E-state index >= 15 is 0 Å². The predicted molar refractivity (Wildman–Crippen MR) is 78.0 cm³/mol. The van der Waals surface area contributed by atoms with E-state index in [1.165, 1.54) is 26.1 Å². The minimum atomic E-state index is 1.05. The maximum atomic E-state index is 3.12. The van der Waals surface area contributed by atoms with Gasteiger partial charge in [0.2, 0.25) is 0 Å². The van der Waals surface area contributed by atoms with Gasteiger partial charge in [0, 0.05) is 0 Å². The zero-order valence-electron chi connectivity index (χ0n) is 12.6. The van der Waals surface area contributed by atoms with Crippen LogP contribution in [0.3, 0.4) is 0 Å². The third kappa shape index (κ3) is 8.61. The summed E-state index contributed by atoms with van der Waals surface area (Å²) in [5.41, 5.74) is 5.69. The van der Waals surface area contributed by atoms with Crippen LogP contribution in [0.25, 0.3) is 0 Å². The molecule has 0 radical (unpaired) electrons. The fourth-order valence-electron chi connectivity index (χ4n) is 1.24. The second-order valence-corrected chi connectivity index (χ2v) is 6.54. The summed E-state index contributed by atoms with van der Waals surface area (Å²) in [7, 11) is 0. The van der Waals surface area contributed by atoms with Gasteiger partial charge in [-0.25, -0.2) is 23.3 Å². The second-order valence-electron chi connectivity index (χ2n) is 4.98. The van der Waals surface area contributed by atoms with E-state index < -0.39 is 0 Å². The van der Waals surface area contributed by atoms with Gasteiger partial charge in [0.25, 0.3) is 0 Å². The van der Waals surface area contributed by atoms with Gasteiger partial charge >= 0.3 is 37.6 Å². The SMILES string of the molecule is CC1=C(C)C[C-]=C1.CC1=C(C)C[C-]=C1.C[C](C)=[Ti+2]. The zero-order valence-corrected chi connectivity index (χ0v) is 14.1. The first-order valence-electron chi connectivity index (χ1n) is 6.32. The average molecular weight is 276 g/mol. The van der Waals surface area contributed by atoms with Crippen LogP contribution in [0, 0.1) is 12.2 Å². The number of hydrogen-bond acceptors (Lipinski definition) is 0. The van der Waals surface area contributed by atoms with Gasteiger partial charge in [-0.05, 0) is 0 Å². The van der Waals surface area contributed by atoms with Crippen molar-refractivity contribution >= 4 is 3.81 Å². The molecule has 2 rings (SSSR count). The Hall–Kier alpha value is -0.456. The monoisotopic (exact) mass is 276 g/mol. The van der Waals surface area contributed by atoms with Crippen molar-refractivity contribution in [2.75, 3.05) is 0 Å². The van der Waals surface area contributed by atoms with Gasteiger partial charge in [-0.2, -0.15) is 11.1 Å². The molecule has 0 saturated heterocycles. The van der Waals surface area contributed by atoms with Gasteiger partial charge < -0.3 is 0 Å². The van der Waals surface area contributed by atoms with Gasteiger partial charge in [-0.1, -0.05) is 13.8 Å². The van der Waals surface area contributed by atoms with E-state index in [9.17, 15) is 0 Å². The third-order valence-electron chi connectivity index (χ3n) is 2.72. The van der Waals surface area contributed by atoms with Gasteiger partial charge in [0.15, 0.2) is 0 Å². The van der Waals surface area contributed by atoms with E-state index in [0.717, 1.165) is 12.8 Å². The van der Waals surface area contributed by atoms with Crippen molar-refractivity contribution in [2.24, 2.45) is 0 Å². The molecule has 0 nitrogen and oxygen atoms in total. The number of allylic oxidation sites excluding steroid dienone is 8. The minimum absolute atomic E-state index is 1.05. The van der Waals surface area contributed by atoms with Crippen molar-refractivity contribution in [3.63, 3.8) is 0 Å². The normalized spacial score (nSPS) is 16.4. The van der Waals surface area contributed by atoms with Crippen LogP contribution in [0.1, 0.15) is 54.4 Å². The molecule has 18 heavy (non-hydrogen) atoms. The molecule has 0 aromatic carbocycles. The number of hydrogen-bond donors (Lipinski definition) is 0. The summed E-state index contributed by atoms with van der Waals surface area (Å²) in [4.78, 5) is 0. The van der Waals surface area contributed by atoms with E-state index in [0.29, 0.717) is 0 Å². The Morgan fingerprint density at radius 1 is 0.889 bits per heavy atom. The third-order valence-corrected chi connectivity index (χ3v) is 2.72. The molecule has 1 heteroatoms. The van der Waals surface area contributed by atoms with Gasteiger partial charge in [0.05, 0.1) is 0 Å². The molecule has 0 aliphatic heterocycles. The molecular formula is C17H24Ti. The van der Waals surface area contributed by atoms with E-state index in [4.69, 9.17) is 0 Å². The van der Waals surface area contributed by atoms with Crippen LogP contribution in [0.15, 0.2) is 34.4 Å². The molecule has 96 valence electrons. The van der Waals surface area contributed by atoms with Crippen molar-refractivity contribution in [3.05, 3.63) is 46.6 Å². The molecule has 0 amide bonds. The number of rotatable bonds is 0. The predicted octanol–water partition coefficient (Wildman–Crippen LogP) is 4.92. The van der Waals surface area contributed by atoms with Crippen LogP contribution < -0.4 is 0 Å². The Labute approximate surface area is 124 Å². The van der Waals surface area contributed by atoms with E-state index in [1.807, 2.05) is 0 Å². The Balaban J connectivity index is 0.000000253. The molecule has 0 bridgehead atoms. The molecule has 0 aromatic rings. The van der Waals surface area contributed by atoms with Crippen molar-refractivity contribution < 1.29 is 20.0 Å². The van der Waals surface area contributed by atoms with Crippen molar-refractivity contribution in [2.45, 2.75) is 54.4 Å². The van der Waals surface area contributed by atoms with Gasteiger partial charge in [0.1, 0.15) is 0 Å². The van der Waals surface area contributed by atoms with Crippen LogP contribution in [0.5, 0.6) is 0 Å². The van der Waals surface area contributed by atoms with Crippen LogP contribution in [0.2, 0.25) is 0 Å². The summed E-state index contributed by atoms with van der Waals surface area (Å²) in [5, 5.41) is 0. The quantitative estimate of drug-likeness (QED) is 0.435. The Bertz CT molecular complexity index is 365. The summed E-state index contributed by atoms with van der Waals surface area (Å²) in [6.07, 6.45) is 12.4. The first-order valence-corrected chi connectivity index (χ1v) is 7.10. The van der Waals surface area contributed by atoms with E-state index in [2.05, 4.69) is 85.8 Å². The molecule has 0 unspecified atom stereocenters. The molecule has 2 aliphatic rings. The standard InChI is InChI=1S/2C7H9.C3H6.Ti/c2*1-6-4-3-5-7(6)2;1-3-2;/h2*4H,5H2,1-2H3;1-2H3;/q2*-1;;+2. The molecule has 0 fully saturated rings. The molecule has 0 atom stereocenters. The van der Waals surface area contributed by atoms with Crippen LogP contribution in [-0.2, 0) is 20.0 Å². The first kappa shape index (κ1) is 17.5. The van der Waals surface area contributed by atoms with Crippen molar-refractivity contribution in [3.8, 4) is 0 Å². The van der Waals surface area contributed by atoms with Gasteiger partial charge in [-0.3, -0.25) is 12.2 Å². The van der Waals surface area contributed by atoms with Crippen LogP contribution in [0.4, 0.5) is 0 Å².